The molecule has 4 aromatic carbocycles. The number of carbonyl (C=O) groups is 4. The van der Waals surface area contributed by atoms with Crippen LogP contribution in [0.4, 0.5) is 27.2 Å². The number of aliphatic carboxylic acids is 1. The molecule has 0 unspecified atom stereocenters. The van der Waals surface area contributed by atoms with Gasteiger partial charge in [0.25, 0.3) is 0 Å². The number of hydrogen-bond acceptors (Lipinski definition) is 7. The Bertz CT molecular complexity index is 2020. The number of amides is 3. The number of benzene rings is 4. The molecule has 0 aromatic heterocycles. The second kappa shape index (κ2) is 25.0. The number of rotatable bonds is 14. The van der Waals surface area contributed by atoms with Crippen LogP contribution in [0.15, 0.2) is 97.1 Å². The zero-order chi connectivity index (χ0) is 45.8. The minimum Gasteiger partial charge on any atom is -0.481 e. The highest BCUT2D eigenvalue weighted by molar-refractivity contribution is 5.78. The molecule has 4 N–H and O–H groups in total. The quantitative estimate of drug-likeness (QED) is 0.0922. The zero-order valence-corrected chi connectivity index (χ0v) is 36.0. The number of nitrogens with zero attached hydrogens (tertiary/aromatic N) is 1. The lowest BCUT2D eigenvalue weighted by molar-refractivity contribution is -0.137. The van der Waals surface area contributed by atoms with Crippen molar-refractivity contribution in [3.63, 3.8) is 0 Å². The van der Waals surface area contributed by atoms with Gasteiger partial charge in [-0.1, -0.05) is 72.8 Å². The summed E-state index contributed by atoms with van der Waals surface area (Å²) in [7, 11) is 3.36. The van der Waals surface area contributed by atoms with E-state index in [1.165, 1.54) is 29.2 Å². The average molecular weight is 855 g/mol. The third kappa shape index (κ3) is 21.2. The van der Waals surface area contributed by atoms with Gasteiger partial charge in [-0.05, 0) is 96.8 Å². The van der Waals surface area contributed by atoms with Gasteiger partial charge in [0.15, 0.2) is 0 Å². The fraction of sp³-hybridized carbons (Fsp3) is 0.391. The monoisotopic (exact) mass is 854 g/mol. The van der Waals surface area contributed by atoms with Crippen LogP contribution in [0.5, 0.6) is 0 Å². The molecule has 0 radical (unpaired) electrons. The standard InChI is InChI=1S/C23H28F2N2O3.C15H20FNO4.C8H10FN/c1-23(2,3)30-22(29)26-18(13-16-9-5-7-11-19(16)24)14-21(28)27(4)15-17-10-6-8-12-20(17)25;1-15(2,3)21-14(20)17-11(9-13(18)19)8-10-6-4-5-7-12(10)16;1-10-6-7-4-2-3-5-8(7)9/h5-12,18H,13-15H2,1-4H3,(H,26,29);4-7,11H,8-9H2,1-3H3,(H,17,20)(H,18,19);2-5,10H,6H2,1H3/t18-;11-;/m11./s1. The lowest BCUT2D eigenvalue weighted by Gasteiger charge is -2.25. The molecule has 61 heavy (non-hydrogen) atoms. The highest BCUT2D eigenvalue weighted by atomic mass is 19.1. The highest BCUT2D eigenvalue weighted by Crippen LogP contribution is 2.16. The number of carbonyl (C=O) groups excluding carboxylic acids is 3. The summed E-state index contributed by atoms with van der Waals surface area (Å²) in [4.78, 5) is 48.9. The summed E-state index contributed by atoms with van der Waals surface area (Å²) in [5.74, 6) is -2.77. The predicted molar refractivity (Wildman–Crippen MR) is 225 cm³/mol. The van der Waals surface area contributed by atoms with Crippen molar-refractivity contribution in [1.82, 2.24) is 20.9 Å². The molecule has 2 atom stereocenters. The summed E-state index contributed by atoms with van der Waals surface area (Å²) in [6, 6.07) is 23.8. The number of nitrogens with one attached hydrogen (secondary N) is 3. The van der Waals surface area contributed by atoms with Crippen molar-refractivity contribution in [2.24, 2.45) is 0 Å². The Morgan fingerprint density at radius 2 is 0.934 bits per heavy atom. The van der Waals surface area contributed by atoms with Crippen LogP contribution in [0.1, 0.15) is 76.6 Å². The molecule has 0 bridgehead atoms. The average Bonchev–Trinajstić information content (AvgIpc) is 3.14. The zero-order valence-electron chi connectivity index (χ0n) is 36.0. The van der Waals surface area contributed by atoms with Gasteiger partial charge in [0.2, 0.25) is 5.91 Å². The topological polar surface area (TPSA) is 146 Å². The first-order chi connectivity index (χ1) is 28.6. The van der Waals surface area contributed by atoms with E-state index >= 15 is 0 Å². The predicted octanol–water partition coefficient (Wildman–Crippen LogP) is 8.73. The van der Waals surface area contributed by atoms with E-state index in [9.17, 15) is 36.7 Å². The van der Waals surface area contributed by atoms with Crippen LogP contribution in [-0.4, -0.2) is 71.5 Å². The van der Waals surface area contributed by atoms with Gasteiger partial charge < -0.3 is 35.4 Å². The maximum atomic E-state index is 14.1. The Kier molecular flexibility index (Phi) is 20.9. The minimum absolute atomic E-state index is 0.0816. The smallest absolute Gasteiger partial charge is 0.407 e. The van der Waals surface area contributed by atoms with Crippen molar-refractivity contribution in [3.05, 3.63) is 143 Å². The van der Waals surface area contributed by atoms with E-state index in [0.717, 1.165) is 0 Å². The first-order valence-corrected chi connectivity index (χ1v) is 19.6. The van der Waals surface area contributed by atoms with Crippen LogP contribution < -0.4 is 16.0 Å². The fourth-order valence-electron chi connectivity index (χ4n) is 5.54. The Morgan fingerprint density at radius 3 is 1.28 bits per heavy atom. The van der Waals surface area contributed by atoms with Crippen molar-refractivity contribution in [2.45, 2.75) is 104 Å². The minimum atomic E-state index is -1.08. The molecule has 0 saturated heterocycles. The molecule has 4 rings (SSSR count). The van der Waals surface area contributed by atoms with Crippen LogP contribution in [-0.2, 0) is 45.0 Å². The molecule has 332 valence electrons. The van der Waals surface area contributed by atoms with E-state index < -0.39 is 58.9 Å². The van der Waals surface area contributed by atoms with E-state index in [-0.39, 0.29) is 44.0 Å². The fourth-order valence-corrected chi connectivity index (χ4v) is 5.54. The summed E-state index contributed by atoms with van der Waals surface area (Å²) in [5, 5.41) is 16.9. The van der Waals surface area contributed by atoms with Gasteiger partial charge >= 0.3 is 18.2 Å². The van der Waals surface area contributed by atoms with Gasteiger partial charge in [-0.2, -0.15) is 0 Å². The Morgan fingerprint density at radius 1 is 0.590 bits per heavy atom. The van der Waals surface area contributed by atoms with Gasteiger partial charge in [-0.3, -0.25) is 9.59 Å². The number of ether oxygens (including phenoxy) is 2. The SMILES string of the molecule is CC(C)(C)OC(=O)N[C@@H](CC(=O)O)Cc1ccccc1F.CN(Cc1ccccc1F)C(=O)C[C@@H](Cc1ccccc1F)NC(=O)OC(C)(C)C.CNCc1ccccc1F. The number of hydrogen-bond donors (Lipinski definition) is 4. The van der Waals surface area contributed by atoms with Gasteiger partial charge in [0.05, 0.1) is 6.42 Å². The van der Waals surface area contributed by atoms with Crippen molar-refractivity contribution in [2.75, 3.05) is 14.1 Å². The lowest BCUT2D eigenvalue weighted by Crippen LogP contribution is -2.43. The van der Waals surface area contributed by atoms with Crippen molar-refractivity contribution in [1.29, 1.82) is 0 Å². The lowest BCUT2D eigenvalue weighted by atomic mass is 10.0. The van der Waals surface area contributed by atoms with E-state index in [0.29, 0.717) is 28.8 Å². The molecule has 0 aliphatic rings. The highest BCUT2D eigenvalue weighted by Gasteiger charge is 2.25. The molecule has 0 aliphatic heterocycles. The first-order valence-electron chi connectivity index (χ1n) is 19.6. The normalized spacial score (nSPS) is 11.9. The number of carboxylic acids is 1. The second-order valence-electron chi connectivity index (χ2n) is 16.0. The van der Waals surface area contributed by atoms with Crippen LogP contribution in [0.3, 0.4) is 0 Å². The van der Waals surface area contributed by atoms with Crippen LogP contribution in [0.25, 0.3) is 0 Å². The Hall–Kier alpha value is -5.96. The van der Waals surface area contributed by atoms with Gasteiger partial charge in [0, 0.05) is 49.8 Å². The molecule has 0 saturated carbocycles. The van der Waals surface area contributed by atoms with E-state index in [1.807, 2.05) is 6.07 Å². The van der Waals surface area contributed by atoms with E-state index in [1.54, 1.807) is 122 Å². The maximum absolute atomic E-state index is 14.1. The summed E-state index contributed by atoms with van der Waals surface area (Å²) in [5.41, 5.74) is 0.431. The molecular weight excluding hydrogens is 797 g/mol. The Balaban J connectivity index is 0.000000356. The third-order valence-corrected chi connectivity index (χ3v) is 8.25. The number of alkyl carbamates (subject to hydrolysis) is 2. The van der Waals surface area contributed by atoms with Crippen molar-refractivity contribution < 1.29 is 51.3 Å². The molecule has 0 fully saturated rings. The van der Waals surface area contributed by atoms with Crippen molar-refractivity contribution in [3.8, 4) is 0 Å². The van der Waals surface area contributed by atoms with Gasteiger partial charge in [-0.15, -0.1) is 0 Å². The Labute approximate surface area is 355 Å². The molecular formula is C46H58F4N4O7. The van der Waals surface area contributed by atoms with Crippen LogP contribution >= 0.6 is 0 Å². The number of halogens is 4. The summed E-state index contributed by atoms with van der Waals surface area (Å²) < 4.78 is 64.7. The maximum Gasteiger partial charge on any atom is 0.407 e. The molecule has 0 spiro atoms. The van der Waals surface area contributed by atoms with Gasteiger partial charge in [-0.25, -0.2) is 27.2 Å². The molecule has 15 heteroatoms. The second-order valence-corrected chi connectivity index (χ2v) is 16.0. The van der Waals surface area contributed by atoms with E-state index in [4.69, 9.17) is 14.6 Å². The largest absolute Gasteiger partial charge is 0.481 e. The van der Waals surface area contributed by atoms with Crippen molar-refractivity contribution >= 4 is 24.1 Å². The number of carboxylic acid groups (broad SMARTS) is 1. The van der Waals surface area contributed by atoms with E-state index in [2.05, 4.69) is 16.0 Å². The third-order valence-electron chi connectivity index (χ3n) is 8.25. The summed E-state index contributed by atoms with van der Waals surface area (Å²) in [6.45, 7) is 11.0. The van der Waals surface area contributed by atoms with Crippen LogP contribution in [0.2, 0.25) is 0 Å². The van der Waals surface area contributed by atoms with Crippen LogP contribution in [0, 0.1) is 23.3 Å². The molecule has 0 aliphatic carbocycles. The summed E-state index contributed by atoms with van der Waals surface area (Å²) in [6.07, 6.45) is -1.60. The molecule has 11 nitrogen and oxygen atoms in total. The first kappa shape index (κ1) is 51.2. The molecule has 4 aromatic rings. The molecule has 3 amide bonds. The summed E-state index contributed by atoms with van der Waals surface area (Å²) >= 11 is 0. The van der Waals surface area contributed by atoms with Gasteiger partial charge in [0.1, 0.15) is 34.5 Å². The molecule has 0 heterocycles.